The number of aromatic hydroxyl groups is 1. The average molecular weight is 402 g/mol. The van der Waals surface area contributed by atoms with Crippen LogP contribution in [0.25, 0.3) is 0 Å². The van der Waals surface area contributed by atoms with Crippen molar-refractivity contribution in [1.29, 1.82) is 0 Å². The molecule has 6 heteroatoms. The molecule has 158 valence electrons. The van der Waals surface area contributed by atoms with E-state index in [1.165, 1.54) is 6.07 Å². The van der Waals surface area contributed by atoms with Crippen LogP contribution in [0.2, 0.25) is 0 Å². The summed E-state index contributed by atoms with van der Waals surface area (Å²) in [7, 11) is 0. The molecule has 0 aromatic heterocycles. The zero-order chi connectivity index (χ0) is 21.4. The Hall–Kier alpha value is -2.73. The molecule has 0 spiro atoms. The van der Waals surface area contributed by atoms with Crippen LogP contribution in [0.5, 0.6) is 17.2 Å². The Morgan fingerprint density at radius 3 is 2.24 bits per heavy atom. The molecule has 1 unspecified atom stereocenters. The van der Waals surface area contributed by atoms with E-state index in [2.05, 4.69) is 0 Å². The van der Waals surface area contributed by atoms with Gasteiger partial charge < -0.3 is 24.8 Å². The maximum Gasteiger partial charge on any atom is 0.335 e. The summed E-state index contributed by atoms with van der Waals surface area (Å²) < 4.78 is 11.5. The Balaban J connectivity index is 1.78. The molecule has 0 bridgehead atoms. The first-order valence-corrected chi connectivity index (χ1v) is 9.95. The Kier molecular flexibility index (Phi) is 8.34. The van der Waals surface area contributed by atoms with E-state index in [1.807, 2.05) is 13.8 Å². The van der Waals surface area contributed by atoms with Gasteiger partial charge in [0.1, 0.15) is 17.2 Å². The Labute approximate surface area is 171 Å². The first-order chi connectivity index (χ1) is 13.8. The minimum absolute atomic E-state index is 0.0899. The molecular weight excluding hydrogens is 372 g/mol. The van der Waals surface area contributed by atoms with E-state index < -0.39 is 12.1 Å². The largest absolute Gasteiger partial charge is 0.507 e. The van der Waals surface area contributed by atoms with Crippen molar-refractivity contribution in [2.75, 3.05) is 13.2 Å². The van der Waals surface area contributed by atoms with Gasteiger partial charge in [0.25, 0.3) is 0 Å². The number of carboxylic acids is 1. The van der Waals surface area contributed by atoms with E-state index >= 15 is 0 Å². The van der Waals surface area contributed by atoms with Crippen molar-refractivity contribution < 1.29 is 29.6 Å². The lowest BCUT2D eigenvalue weighted by Crippen LogP contribution is -2.05. The van der Waals surface area contributed by atoms with Gasteiger partial charge in [0.2, 0.25) is 0 Å². The van der Waals surface area contributed by atoms with Gasteiger partial charge in [-0.05, 0) is 69.0 Å². The number of aliphatic hydroxyl groups excluding tert-OH is 1. The van der Waals surface area contributed by atoms with E-state index in [0.717, 1.165) is 24.8 Å². The number of aliphatic hydroxyl groups is 1. The number of ether oxygens (including phenoxy) is 2. The van der Waals surface area contributed by atoms with Crippen LogP contribution < -0.4 is 9.47 Å². The maximum atomic E-state index is 11.0. The number of carbonyl (C=O) groups is 1. The number of hydrogen-bond donors (Lipinski definition) is 3. The van der Waals surface area contributed by atoms with Crippen molar-refractivity contribution in [1.82, 2.24) is 0 Å². The molecule has 0 fully saturated rings. The molecule has 2 aromatic carbocycles. The lowest BCUT2D eigenvalue weighted by Gasteiger charge is -2.16. The van der Waals surface area contributed by atoms with Gasteiger partial charge >= 0.3 is 5.97 Å². The molecule has 6 nitrogen and oxygen atoms in total. The first-order valence-electron chi connectivity index (χ1n) is 9.95. The van der Waals surface area contributed by atoms with E-state index in [0.29, 0.717) is 42.3 Å². The predicted molar refractivity (Wildman–Crippen MR) is 111 cm³/mol. The molecule has 3 N–H and O–H groups in total. The number of unbranched alkanes of at least 4 members (excludes halogenated alkanes) is 1. The maximum absolute atomic E-state index is 11.0. The van der Waals surface area contributed by atoms with Gasteiger partial charge in [-0.25, -0.2) is 4.79 Å². The van der Waals surface area contributed by atoms with Crippen LogP contribution in [0, 0.1) is 13.8 Å². The second-order valence-corrected chi connectivity index (χ2v) is 7.12. The SMILES string of the molecule is CCCC(O)c1ccc(OCCCCOc2ccc(C(=O)O)cc2C)c(C)c1O. The molecule has 29 heavy (non-hydrogen) atoms. The molecule has 2 rings (SSSR count). The number of rotatable bonds is 11. The predicted octanol–water partition coefficient (Wildman–Crippen LogP) is 4.78. The molecule has 0 aliphatic rings. The van der Waals surface area contributed by atoms with E-state index in [4.69, 9.17) is 14.6 Å². The van der Waals surface area contributed by atoms with Gasteiger partial charge in [-0.2, -0.15) is 0 Å². The van der Waals surface area contributed by atoms with E-state index in [-0.39, 0.29) is 11.3 Å². The molecule has 0 radical (unpaired) electrons. The molecule has 0 saturated carbocycles. The third kappa shape index (κ3) is 6.12. The normalized spacial score (nSPS) is 11.9. The Bertz CT molecular complexity index is 830. The minimum Gasteiger partial charge on any atom is -0.507 e. The molecule has 0 aliphatic carbocycles. The molecule has 0 saturated heterocycles. The van der Waals surface area contributed by atoms with E-state index in [9.17, 15) is 15.0 Å². The highest BCUT2D eigenvalue weighted by Crippen LogP contribution is 2.35. The van der Waals surface area contributed by atoms with Crippen LogP contribution in [0.1, 0.15) is 65.8 Å². The highest BCUT2D eigenvalue weighted by Gasteiger charge is 2.16. The molecule has 0 heterocycles. The number of phenolic OH excluding ortho intramolecular Hbond substituents is 1. The van der Waals surface area contributed by atoms with E-state index in [1.54, 1.807) is 31.2 Å². The quantitative estimate of drug-likeness (QED) is 0.468. The van der Waals surface area contributed by atoms with Gasteiger partial charge in [-0.1, -0.05) is 13.3 Å². The highest BCUT2D eigenvalue weighted by atomic mass is 16.5. The lowest BCUT2D eigenvalue weighted by molar-refractivity contribution is 0.0696. The van der Waals surface area contributed by atoms with Crippen molar-refractivity contribution >= 4 is 5.97 Å². The zero-order valence-corrected chi connectivity index (χ0v) is 17.3. The second kappa shape index (κ2) is 10.7. The summed E-state index contributed by atoms with van der Waals surface area (Å²) in [6.07, 6.45) is 2.32. The van der Waals surface area contributed by atoms with Gasteiger partial charge in [0, 0.05) is 11.1 Å². The summed E-state index contributed by atoms with van der Waals surface area (Å²) in [5, 5.41) is 29.4. The monoisotopic (exact) mass is 402 g/mol. The third-order valence-electron chi connectivity index (χ3n) is 4.81. The smallest absolute Gasteiger partial charge is 0.335 e. The number of benzene rings is 2. The number of carboxylic acid groups (broad SMARTS) is 1. The first kappa shape index (κ1) is 22.6. The van der Waals surface area contributed by atoms with Crippen LogP contribution in [-0.2, 0) is 0 Å². The van der Waals surface area contributed by atoms with Crippen LogP contribution >= 0.6 is 0 Å². The zero-order valence-electron chi connectivity index (χ0n) is 17.3. The fourth-order valence-corrected chi connectivity index (χ4v) is 3.07. The average Bonchev–Trinajstić information content (AvgIpc) is 2.68. The summed E-state index contributed by atoms with van der Waals surface area (Å²) in [5.74, 6) is 0.423. The fourth-order valence-electron chi connectivity index (χ4n) is 3.07. The molecule has 1 atom stereocenters. The summed E-state index contributed by atoms with van der Waals surface area (Å²) in [4.78, 5) is 11.0. The minimum atomic E-state index is -0.953. The van der Waals surface area contributed by atoms with Crippen LogP contribution in [0.3, 0.4) is 0 Å². The van der Waals surface area contributed by atoms with Crippen LogP contribution in [-0.4, -0.2) is 34.5 Å². The van der Waals surface area contributed by atoms with Gasteiger partial charge in [-0.3, -0.25) is 0 Å². The molecular formula is C23H30O6. The molecule has 2 aromatic rings. The fraction of sp³-hybridized carbons (Fsp3) is 0.435. The van der Waals surface area contributed by atoms with Crippen molar-refractivity contribution in [3.8, 4) is 17.2 Å². The summed E-state index contributed by atoms with van der Waals surface area (Å²) in [6.45, 7) is 6.57. The lowest BCUT2D eigenvalue weighted by atomic mass is 10.0. The van der Waals surface area contributed by atoms with Crippen molar-refractivity contribution in [2.45, 2.75) is 52.6 Å². The van der Waals surface area contributed by atoms with Gasteiger partial charge in [0.05, 0.1) is 24.9 Å². The summed E-state index contributed by atoms with van der Waals surface area (Å²) in [5.41, 5.74) is 2.20. The highest BCUT2D eigenvalue weighted by molar-refractivity contribution is 5.88. The summed E-state index contributed by atoms with van der Waals surface area (Å²) >= 11 is 0. The Morgan fingerprint density at radius 1 is 1.03 bits per heavy atom. The van der Waals surface area contributed by atoms with Crippen LogP contribution in [0.4, 0.5) is 0 Å². The third-order valence-corrected chi connectivity index (χ3v) is 4.81. The number of hydrogen-bond acceptors (Lipinski definition) is 5. The topological polar surface area (TPSA) is 96.2 Å². The van der Waals surface area contributed by atoms with Crippen LogP contribution in [0.15, 0.2) is 30.3 Å². The van der Waals surface area contributed by atoms with Crippen molar-refractivity contribution in [3.05, 3.63) is 52.6 Å². The Morgan fingerprint density at radius 2 is 1.66 bits per heavy atom. The molecule has 0 aliphatic heterocycles. The number of phenols is 1. The van der Waals surface area contributed by atoms with Crippen molar-refractivity contribution in [3.63, 3.8) is 0 Å². The van der Waals surface area contributed by atoms with Gasteiger partial charge in [-0.15, -0.1) is 0 Å². The van der Waals surface area contributed by atoms with Gasteiger partial charge in [0.15, 0.2) is 0 Å². The summed E-state index contributed by atoms with van der Waals surface area (Å²) in [6, 6.07) is 8.30. The second-order valence-electron chi connectivity index (χ2n) is 7.12. The van der Waals surface area contributed by atoms with Crippen molar-refractivity contribution in [2.24, 2.45) is 0 Å². The standard InChI is InChI=1S/C23H30O6/c1-4-7-19(24)18-9-11-21(16(3)22(18)25)29-13-6-5-12-28-20-10-8-17(23(26)27)14-15(20)2/h8-11,14,19,24-25H,4-7,12-13H2,1-3H3,(H,26,27). The molecule has 0 amide bonds. The number of aryl methyl sites for hydroxylation is 1. The number of aromatic carboxylic acids is 1.